The number of halogens is 1. The van der Waals surface area contributed by atoms with Crippen LogP contribution in [0, 0.1) is 0 Å². The van der Waals surface area contributed by atoms with E-state index in [1.54, 1.807) is 25.5 Å². The number of rotatable bonds is 3. The molecule has 0 fully saturated rings. The van der Waals surface area contributed by atoms with Crippen LogP contribution in [0.1, 0.15) is 6.92 Å². The minimum absolute atomic E-state index is 0.372. The molecule has 3 aromatic rings. The highest BCUT2D eigenvalue weighted by Crippen LogP contribution is 2.22. The predicted molar refractivity (Wildman–Crippen MR) is 78.7 cm³/mol. The van der Waals surface area contributed by atoms with Crippen LogP contribution in [0.15, 0.2) is 48.9 Å². The molecule has 3 rings (SSSR count). The van der Waals surface area contributed by atoms with Crippen molar-refractivity contribution in [1.29, 1.82) is 0 Å². The van der Waals surface area contributed by atoms with E-state index in [-0.39, 0.29) is 5.56 Å². The van der Waals surface area contributed by atoms with Crippen molar-refractivity contribution in [1.82, 2.24) is 15.0 Å². The van der Waals surface area contributed by atoms with Crippen molar-refractivity contribution in [2.45, 2.75) is 12.5 Å². The largest absolute Gasteiger partial charge is 0.475 e. The molecular weight excluding hydrogens is 274 g/mol. The number of hydrogen-bond donors (Lipinski definition) is 0. The lowest BCUT2D eigenvalue weighted by Gasteiger charge is -2.08. The summed E-state index contributed by atoms with van der Waals surface area (Å²) in [6.07, 6.45) is 5.24. The maximum Gasteiger partial charge on any atom is 0.169 e. The Bertz CT molecular complexity index is 732. The van der Waals surface area contributed by atoms with Gasteiger partial charge in [0, 0.05) is 29.5 Å². The Kier molecular flexibility index (Phi) is 3.48. The Morgan fingerprint density at radius 2 is 2.10 bits per heavy atom. The van der Waals surface area contributed by atoms with Crippen LogP contribution in [0.2, 0.25) is 0 Å². The van der Waals surface area contributed by atoms with E-state index >= 15 is 0 Å². The van der Waals surface area contributed by atoms with E-state index < -0.39 is 0 Å². The van der Waals surface area contributed by atoms with Crippen molar-refractivity contribution >= 4 is 22.5 Å². The van der Waals surface area contributed by atoms with Gasteiger partial charge < -0.3 is 4.74 Å². The maximum atomic E-state index is 5.81. The number of pyridine rings is 1. The van der Waals surface area contributed by atoms with Gasteiger partial charge in [-0.3, -0.25) is 4.98 Å². The molecule has 20 heavy (non-hydrogen) atoms. The molecule has 4 nitrogen and oxygen atoms in total. The SMILES string of the molecule is CC(Cl)Oc1ccc2nc(-c3cccnc3)ncc2c1. The molecule has 0 radical (unpaired) electrons. The van der Waals surface area contributed by atoms with Crippen molar-refractivity contribution in [3.05, 3.63) is 48.9 Å². The number of nitrogens with zero attached hydrogens (tertiary/aromatic N) is 3. The third-order valence-electron chi connectivity index (χ3n) is 2.77. The fourth-order valence-corrected chi connectivity index (χ4v) is 2.01. The molecule has 0 aliphatic rings. The smallest absolute Gasteiger partial charge is 0.169 e. The van der Waals surface area contributed by atoms with Crippen LogP contribution in [-0.2, 0) is 0 Å². The summed E-state index contributed by atoms with van der Waals surface area (Å²) in [6, 6.07) is 9.41. The van der Waals surface area contributed by atoms with E-state index in [2.05, 4.69) is 15.0 Å². The zero-order chi connectivity index (χ0) is 13.9. The van der Waals surface area contributed by atoms with Crippen molar-refractivity contribution < 1.29 is 4.74 Å². The Morgan fingerprint density at radius 3 is 2.85 bits per heavy atom. The zero-order valence-corrected chi connectivity index (χ0v) is 11.6. The predicted octanol–water partition coefficient (Wildman–Crippen LogP) is 3.66. The van der Waals surface area contributed by atoms with E-state index in [0.717, 1.165) is 16.5 Å². The van der Waals surface area contributed by atoms with Gasteiger partial charge in [0.05, 0.1) is 5.52 Å². The summed E-state index contributed by atoms with van der Waals surface area (Å²) in [4.78, 5) is 13.0. The summed E-state index contributed by atoms with van der Waals surface area (Å²) in [6.45, 7) is 1.77. The first-order valence-electron chi connectivity index (χ1n) is 6.20. The molecule has 0 aliphatic heterocycles. The highest BCUT2D eigenvalue weighted by atomic mass is 35.5. The summed E-state index contributed by atoms with van der Waals surface area (Å²) in [7, 11) is 0. The Morgan fingerprint density at radius 1 is 1.20 bits per heavy atom. The fraction of sp³-hybridized carbons (Fsp3) is 0.133. The molecular formula is C15H12ClN3O. The van der Waals surface area contributed by atoms with Gasteiger partial charge >= 0.3 is 0 Å². The molecule has 1 atom stereocenters. The van der Waals surface area contributed by atoms with Crippen LogP contribution >= 0.6 is 11.6 Å². The number of aromatic nitrogens is 3. The van der Waals surface area contributed by atoms with Gasteiger partial charge in [-0.2, -0.15) is 0 Å². The van der Waals surface area contributed by atoms with Gasteiger partial charge in [0.1, 0.15) is 5.75 Å². The van der Waals surface area contributed by atoms with Crippen molar-refractivity contribution in [2.24, 2.45) is 0 Å². The molecule has 0 saturated carbocycles. The summed E-state index contributed by atoms with van der Waals surface area (Å²) in [5.74, 6) is 1.36. The lowest BCUT2D eigenvalue weighted by molar-refractivity contribution is 0.301. The molecule has 5 heteroatoms. The van der Waals surface area contributed by atoms with Gasteiger partial charge in [-0.05, 0) is 37.3 Å². The Balaban J connectivity index is 2.00. The molecule has 0 aliphatic carbocycles. The molecule has 100 valence electrons. The highest BCUT2D eigenvalue weighted by Gasteiger charge is 2.05. The maximum absolute atomic E-state index is 5.81. The molecule has 2 aromatic heterocycles. The second-order valence-electron chi connectivity index (χ2n) is 4.32. The summed E-state index contributed by atoms with van der Waals surface area (Å²) in [5, 5.41) is 0.910. The lowest BCUT2D eigenvalue weighted by Crippen LogP contribution is -2.02. The molecule has 2 heterocycles. The van der Waals surface area contributed by atoms with Gasteiger partial charge in [0.25, 0.3) is 0 Å². The van der Waals surface area contributed by atoms with E-state index in [9.17, 15) is 0 Å². The molecule has 0 N–H and O–H groups in total. The van der Waals surface area contributed by atoms with E-state index in [1.165, 1.54) is 0 Å². The highest BCUT2D eigenvalue weighted by molar-refractivity contribution is 6.19. The number of ether oxygens (including phenoxy) is 1. The fourth-order valence-electron chi connectivity index (χ4n) is 1.91. The zero-order valence-electron chi connectivity index (χ0n) is 10.8. The van der Waals surface area contributed by atoms with E-state index in [4.69, 9.17) is 16.3 Å². The topological polar surface area (TPSA) is 47.9 Å². The Hall–Kier alpha value is -2.20. The van der Waals surface area contributed by atoms with E-state index in [0.29, 0.717) is 11.6 Å². The van der Waals surface area contributed by atoms with Crippen LogP contribution in [0.25, 0.3) is 22.3 Å². The molecule has 1 aromatic carbocycles. The summed E-state index contributed by atoms with van der Waals surface area (Å²) >= 11 is 5.81. The van der Waals surface area contributed by atoms with Gasteiger partial charge in [-0.15, -0.1) is 0 Å². The van der Waals surface area contributed by atoms with Gasteiger partial charge in [-0.1, -0.05) is 11.6 Å². The van der Waals surface area contributed by atoms with Crippen LogP contribution < -0.4 is 4.74 Å². The number of alkyl halides is 1. The molecule has 0 bridgehead atoms. The average Bonchev–Trinajstić information content (AvgIpc) is 2.47. The monoisotopic (exact) mass is 285 g/mol. The minimum Gasteiger partial charge on any atom is -0.475 e. The van der Waals surface area contributed by atoms with Crippen LogP contribution in [0.4, 0.5) is 0 Å². The van der Waals surface area contributed by atoms with Gasteiger partial charge in [-0.25, -0.2) is 9.97 Å². The molecule has 0 amide bonds. The second kappa shape index (κ2) is 5.43. The van der Waals surface area contributed by atoms with Crippen molar-refractivity contribution in [2.75, 3.05) is 0 Å². The number of benzene rings is 1. The average molecular weight is 286 g/mol. The lowest BCUT2D eigenvalue weighted by atomic mass is 10.2. The molecule has 1 unspecified atom stereocenters. The molecule has 0 spiro atoms. The van der Waals surface area contributed by atoms with Gasteiger partial charge in [0.2, 0.25) is 0 Å². The number of hydrogen-bond acceptors (Lipinski definition) is 4. The van der Waals surface area contributed by atoms with Crippen LogP contribution in [-0.4, -0.2) is 20.5 Å². The minimum atomic E-state index is -0.372. The van der Waals surface area contributed by atoms with Crippen molar-refractivity contribution in [3.63, 3.8) is 0 Å². The first-order valence-corrected chi connectivity index (χ1v) is 6.64. The first-order chi connectivity index (χ1) is 9.72. The Labute approximate surface area is 121 Å². The van der Waals surface area contributed by atoms with Gasteiger partial charge in [0.15, 0.2) is 11.4 Å². The number of fused-ring (bicyclic) bond motifs is 1. The summed E-state index contributed by atoms with van der Waals surface area (Å²) in [5.41, 5.74) is 1.38. The van der Waals surface area contributed by atoms with Crippen LogP contribution in [0.3, 0.4) is 0 Å². The molecule has 0 saturated heterocycles. The standard InChI is InChI=1S/C15H12ClN3O/c1-10(16)20-13-4-5-14-12(7-13)9-18-15(19-14)11-3-2-6-17-8-11/h2-10H,1H3. The quantitative estimate of drug-likeness (QED) is 0.689. The summed E-state index contributed by atoms with van der Waals surface area (Å²) < 4.78 is 5.44. The first kappa shape index (κ1) is 12.8. The normalized spacial score (nSPS) is 12.3. The third kappa shape index (κ3) is 2.70. The van der Waals surface area contributed by atoms with Crippen molar-refractivity contribution in [3.8, 4) is 17.1 Å². The third-order valence-corrected chi connectivity index (χ3v) is 2.86. The van der Waals surface area contributed by atoms with Crippen LogP contribution in [0.5, 0.6) is 5.75 Å². The van der Waals surface area contributed by atoms with E-state index in [1.807, 2.05) is 30.3 Å². The second-order valence-corrected chi connectivity index (χ2v) is 4.93.